The number of carbonyl (C=O) groups excluding carboxylic acids is 1. The molecule has 3 rings (SSSR count). The van der Waals surface area contributed by atoms with Crippen LogP contribution in [0, 0.1) is 6.92 Å². The van der Waals surface area contributed by atoms with Crippen molar-refractivity contribution in [2.24, 2.45) is 0 Å². The highest BCUT2D eigenvalue weighted by Crippen LogP contribution is 2.30. The molecule has 0 radical (unpaired) electrons. The number of fused-ring (bicyclic) bond motifs is 1. The molecule has 0 atom stereocenters. The van der Waals surface area contributed by atoms with Crippen LogP contribution in [-0.4, -0.2) is 26.8 Å². The molecule has 0 bridgehead atoms. The predicted molar refractivity (Wildman–Crippen MR) is 98.0 cm³/mol. The van der Waals surface area contributed by atoms with Crippen LogP contribution in [0.25, 0.3) is 0 Å². The van der Waals surface area contributed by atoms with Crippen molar-refractivity contribution in [3.63, 3.8) is 0 Å². The maximum atomic E-state index is 12.0. The van der Waals surface area contributed by atoms with Gasteiger partial charge < -0.3 is 18.9 Å². The van der Waals surface area contributed by atoms with Crippen LogP contribution in [-0.2, 0) is 29.0 Å². The van der Waals surface area contributed by atoms with Crippen LogP contribution in [0.1, 0.15) is 28.7 Å². The van der Waals surface area contributed by atoms with Gasteiger partial charge in [-0.15, -0.1) is 0 Å². The summed E-state index contributed by atoms with van der Waals surface area (Å²) in [5.41, 5.74) is 4.53. The smallest absolute Gasteiger partial charge is 0.344 e. The van der Waals surface area contributed by atoms with E-state index in [2.05, 4.69) is 6.07 Å². The lowest BCUT2D eigenvalue weighted by Crippen LogP contribution is -2.15. The average molecular weight is 356 g/mol. The Balaban J connectivity index is 1.54. The molecule has 0 saturated heterocycles. The van der Waals surface area contributed by atoms with Gasteiger partial charge in [-0.1, -0.05) is 6.07 Å². The van der Waals surface area contributed by atoms with Crippen molar-refractivity contribution in [2.75, 3.05) is 20.8 Å². The van der Waals surface area contributed by atoms with Crippen molar-refractivity contribution in [1.29, 1.82) is 0 Å². The molecule has 0 spiro atoms. The lowest BCUT2D eigenvalue weighted by molar-refractivity contribution is -0.147. The van der Waals surface area contributed by atoms with Gasteiger partial charge in [0.15, 0.2) is 18.1 Å². The van der Waals surface area contributed by atoms with Gasteiger partial charge in [-0.05, 0) is 72.7 Å². The molecular formula is C21H24O5. The van der Waals surface area contributed by atoms with Crippen molar-refractivity contribution in [3.05, 3.63) is 52.6 Å². The van der Waals surface area contributed by atoms with Gasteiger partial charge in [0.1, 0.15) is 12.4 Å². The Morgan fingerprint density at radius 1 is 1.00 bits per heavy atom. The molecule has 0 aromatic heterocycles. The molecule has 0 amide bonds. The van der Waals surface area contributed by atoms with Gasteiger partial charge in [0.2, 0.25) is 0 Å². The zero-order chi connectivity index (χ0) is 18.5. The first-order chi connectivity index (χ1) is 12.6. The minimum Gasteiger partial charge on any atom is -0.493 e. The number of methoxy groups -OCH3 is 2. The summed E-state index contributed by atoms with van der Waals surface area (Å²) in [5.74, 6) is 1.57. The molecule has 1 aliphatic carbocycles. The topological polar surface area (TPSA) is 54.0 Å². The molecule has 5 nitrogen and oxygen atoms in total. The van der Waals surface area contributed by atoms with Gasteiger partial charge in [0, 0.05) is 0 Å². The first kappa shape index (κ1) is 18.1. The van der Waals surface area contributed by atoms with Crippen LogP contribution >= 0.6 is 0 Å². The molecule has 5 heteroatoms. The second kappa shape index (κ2) is 8.13. The number of hydrogen-bond acceptors (Lipinski definition) is 5. The van der Waals surface area contributed by atoms with Crippen molar-refractivity contribution in [3.8, 4) is 17.2 Å². The van der Waals surface area contributed by atoms with E-state index >= 15 is 0 Å². The van der Waals surface area contributed by atoms with E-state index in [4.69, 9.17) is 18.9 Å². The van der Waals surface area contributed by atoms with Crippen LogP contribution in [0.5, 0.6) is 17.2 Å². The molecule has 0 aliphatic heterocycles. The number of aryl methyl sites for hydroxylation is 3. The fourth-order valence-electron chi connectivity index (χ4n) is 3.16. The molecule has 26 heavy (non-hydrogen) atoms. The number of ether oxygens (including phenoxy) is 4. The Morgan fingerprint density at radius 3 is 2.50 bits per heavy atom. The molecule has 0 N–H and O–H groups in total. The molecular weight excluding hydrogens is 332 g/mol. The molecule has 1 aliphatic rings. The summed E-state index contributed by atoms with van der Waals surface area (Å²) in [4.78, 5) is 12.0. The summed E-state index contributed by atoms with van der Waals surface area (Å²) in [6, 6.07) is 9.70. The fourth-order valence-corrected chi connectivity index (χ4v) is 3.16. The van der Waals surface area contributed by atoms with E-state index in [0.717, 1.165) is 24.0 Å². The molecule has 138 valence electrons. The van der Waals surface area contributed by atoms with E-state index in [1.165, 1.54) is 17.5 Å². The van der Waals surface area contributed by atoms with Crippen molar-refractivity contribution in [2.45, 2.75) is 32.8 Å². The largest absolute Gasteiger partial charge is 0.493 e. The Kier molecular flexibility index (Phi) is 5.66. The van der Waals surface area contributed by atoms with Gasteiger partial charge in [0.05, 0.1) is 14.2 Å². The number of carbonyl (C=O) groups is 1. The monoisotopic (exact) mass is 356 g/mol. The number of hydrogen-bond donors (Lipinski definition) is 0. The van der Waals surface area contributed by atoms with E-state index < -0.39 is 5.97 Å². The van der Waals surface area contributed by atoms with Crippen LogP contribution in [0.15, 0.2) is 30.3 Å². The highest BCUT2D eigenvalue weighted by molar-refractivity contribution is 5.71. The zero-order valence-electron chi connectivity index (χ0n) is 15.5. The van der Waals surface area contributed by atoms with Gasteiger partial charge in [-0.25, -0.2) is 4.79 Å². The maximum absolute atomic E-state index is 12.0. The molecule has 2 aromatic carbocycles. The Morgan fingerprint density at radius 2 is 1.73 bits per heavy atom. The van der Waals surface area contributed by atoms with Gasteiger partial charge in [0.25, 0.3) is 0 Å². The lowest BCUT2D eigenvalue weighted by atomic mass is 10.1. The third kappa shape index (κ3) is 4.10. The Hall–Kier alpha value is -2.69. The molecule has 0 unspecified atom stereocenters. The first-order valence-electron chi connectivity index (χ1n) is 8.72. The fraction of sp³-hybridized carbons (Fsp3) is 0.381. The van der Waals surface area contributed by atoms with E-state index in [9.17, 15) is 4.79 Å². The van der Waals surface area contributed by atoms with Gasteiger partial charge >= 0.3 is 5.97 Å². The third-order valence-electron chi connectivity index (χ3n) is 4.66. The molecule has 2 aromatic rings. The normalized spacial score (nSPS) is 12.4. The number of esters is 1. The maximum Gasteiger partial charge on any atom is 0.344 e. The number of benzene rings is 2. The minimum atomic E-state index is -0.403. The third-order valence-corrected chi connectivity index (χ3v) is 4.66. The summed E-state index contributed by atoms with van der Waals surface area (Å²) in [6.45, 7) is 2.00. The van der Waals surface area contributed by atoms with Crippen LogP contribution < -0.4 is 14.2 Å². The molecule has 0 heterocycles. The first-order valence-corrected chi connectivity index (χ1v) is 8.72. The summed E-state index contributed by atoms with van der Waals surface area (Å²) in [6.07, 6.45) is 3.39. The van der Waals surface area contributed by atoms with Crippen molar-refractivity contribution < 1.29 is 23.7 Å². The number of rotatable bonds is 7. The van der Waals surface area contributed by atoms with Gasteiger partial charge in [-0.3, -0.25) is 0 Å². The lowest BCUT2D eigenvalue weighted by Gasteiger charge is -2.13. The molecule has 0 saturated carbocycles. The van der Waals surface area contributed by atoms with E-state index in [1.54, 1.807) is 14.2 Å². The summed E-state index contributed by atoms with van der Waals surface area (Å²) in [5, 5.41) is 0. The zero-order valence-corrected chi connectivity index (χ0v) is 15.5. The van der Waals surface area contributed by atoms with Crippen molar-refractivity contribution >= 4 is 5.97 Å². The SMILES string of the molecule is COc1cc(C)c(COC(=O)COc2ccc3c(c2)CCC3)cc1OC. The Bertz CT molecular complexity index is 797. The Labute approximate surface area is 153 Å². The van der Waals surface area contributed by atoms with Crippen LogP contribution in [0.3, 0.4) is 0 Å². The average Bonchev–Trinajstić information content (AvgIpc) is 3.12. The molecule has 0 fully saturated rings. The standard InChI is InChI=1S/C21H24O5/c1-14-9-19(23-2)20(24-3)11-17(14)12-26-21(22)13-25-18-8-7-15-5-4-6-16(15)10-18/h7-11H,4-6,12-13H2,1-3H3. The predicted octanol–water partition coefficient (Wildman–Crippen LogP) is 3.62. The second-order valence-electron chi connectivity index (χ2n) is 6.37. The van der Waals surface area contributed by atoms with Gasteiger partial charge in [-0.2, -0.15) is 0 Å². The minimum absolute atomic E-state index is 0.106. The highest BCUT2D eigenvalue weighted by atomic mass is 16.6. The van der Waals surface area contributed by atoms with Crippen LogP contribution in [0.2, 0.25) is 0 Å². The van der Waals surface area contributed by atoms with E-state index in [1.807, 2.05) is 31.2 Å². The van der Waals surface area contributed by atoms with Crippen molar-refractivity contribution in [1.82, 2.24) is 0 Å². The summed E-state index contributed by atoms with van der Waals surface area (Å²) >= 11 is 0. The summed E-state index contributed by atoms with van der Waals surface area (Å²) in [7, 11) is 3.17. The quantitative estimate of drug-likeness (QED) is 0.709. The van der Waals surface area contributed by atoms with Crippen LogP contribution in [0.4, 0.5) is 0 Å². The summed E-state index contributed by atoms with van der Waals surface area (Å²) < 4.78 is 21.5. The van der Waals surface area contributed by atoms with E-state index in [-0.39, 0.29) is 13.2 Å². The highest BCUT2D eigenvalue weighted by Gasteiger charge is 2.13. The van der Waals surface area contributed by atoms with E-state index in [0.29, 0.717) is 17.2 Å². The second-order valence-corrected chi connectivity index (χ2v) is 6.37.